The van der Waals surface area contributed by atoms with E-state index < -0.39 is 0 Å². The molecule has 1 unspecified atom stereocenters. The van der Waals surface area contributed by atoms with Crippen LogP contribution in [-0.2, 0) is 16.1 Å². The second-order valence-electron chi connectivity index (χ2n) is 6.62. The lowest BCUT2D eigenvalue weighted by Crippen LogP contribution is -2.50. The first-order chi connectivity index (χ1) is 12.6. The maximum Gasteiger partial charge on any atom is 0.249 e. The van der Waals surface area contributed by atoms with Crippen molar-refractivity contribution in [3.8, 4) is 0 Å². The SMILES string of the molecule is C=C1c2ccc(N3CCNCC3)cc2CN1C1CCC(=O)NC1=O.CC. The molecule has 26 heavy (non-hydrogen) atoms. The molecule has 2 saturated heterocycles. The van der Waals surface area contributed by atoms with Crippen LogP contribution < -0.4 is 15.5 Å². The van der Waals surface area contributed by atoms with Gasteiger partial charge in [-0.2, -0.15) is 0 Å². The molecule has 3 aliphatic rings. The Morgan fingerprint density at radius 1 is 1.15 bits per heavy atom. The molecule has 140 valence electrons. The fraction of sp³-hybridized carbons (Fsp3) is 0.500. The number of nitrogens with one attached hydrogen (secondary N) is 2. The summed E-state index contributed by atoms with van der Waals surface area (Å²) < 4.78 is 0. The van der Waals surface area contributed by atoms with Crippen LogP contribution in [0.25, 0.3) is 5.70 Å². The van der Waals surface area contributed by atoms with Gasteiger partial charge in [0.15, 0.2) is 0 Å². The summed E-state index contributed by atoms with van der Waals surface area (Å²) in [5, 5.41) is 5.81. The van der Waals surface area contributed by atoms with Crippen molar-refractivity contribution < 1.29 is 9.59 Å². The Bertz CT molecular complexity index is 710. The zero-order valence-corrected chi connectivity index (χ0v) is 15.7. The van der Waals surface area contributed by atoms with Crippen molar-refractivity contribution in [1.29, 1.82) is 0 Å². The topological polar surface area (TPSA) is 64.7 Å². The van der Waals surface area contributed by atoms with Gasteiger partial charge in [0.1, 0.15) is 6.04 Å². The van der Waals surface area contributed by atoms with E-state index in [0.717, 1.165) is 37.4 Å². The van der Waals surface area contributed by atoms with Crippen molar-refractivity contribution in [1.82, 2.24) is 15.5 Å². The monoisotopic (exact) mass is 356 g/mol. The Morgan fingerprint density at radius 2 is 1.88 bits per heavy atom. The third-order valence-electron chi connectivity index (χ3n) is 5.16. The van der Waals surface area contributed by atoms with E-state index in [1.54, 1.807) is 0 Å². The fourth-order valence-corrected chi connectivity index (χ4v) is 3.82. The third kappa shape index (κ3) is 3.46. The Morgan fingerprint density at radius 3 is 2.58 bits per heavy atom. The predicted octanol–water partition coefficient (Wildman–Crippen LogP) is 1.71. The van der Waals surface area contributed by atoms with Crippen LogP contribution in [0.15, 0.2) is 24.8 Å². The molecule has 1 aromatic carbocycles. The number of benzene rings is 1. The minimum Gasteiger partial charge on any atom is -0.369 e. The molecular weight excluding hydrogens is 328 g/mol. The highest BCUT2D eigenvalue weighted by Crippen LogP contribution is 2.36. The van der Waals surface area contributed by atoms with Crippen molar-refractivity contribution in [3.05, 3.63) is 35.9 Å². The zero-order chi connectivity index (χ0) is 18.7. The molecule has 0 bridgehead atoms. The first-order valence-corrected chi connectivity index (χ1v) is 9.52. The van der Waals surface area contributed by atoms with Gasteiger partial charge in [-0.25, -0.2) is 0 Å². The van der Waals surface area contributed by atoms with Crippen LogP contribution in [0.4, 0.5) is 5.69 Å². The average Bonchev–Trinajstić information content (AvgIpc) is 3.00. The third-order valence-corrected chi connectivity index (χ3v) is 5.16. The van der Waals surface area contributed by atoms with Crippen LogP contribution >= 0.6 is 0 Å². The first kappa shape index (κ1) is 18.5. The van der Waals surface area contributed by atoms with Crippen molar-refractivity contribution in [2.24, 2.45) is 0 Å². The summed E-state index contributed by atoms with van der Waals surface area (Å²) >= 11 is 0. The molecular formula is C20H28N4O2. The van der Waals surface area contributed by atoms with Gasteiger partial charge in [-0.15, -0.1) is 0 Å². The van der Waals surface area contributed by atoms with Gasteiger partial charge in [0, 0.05) is 56.1 Å². The number of rotatable bonds is 2. The van der Waals surface area contributed by atoms with E-state index in [9.17, 15) is 9.59 Å². The summed E-state index contributed by atoms with van der Waals surface area (Å²) in [6, 6.07) is 6.17. The summed E-state index contributed by atoms with van der Waals surface area (Å²) in [6.07, 6.45) is 0.949. The van der Waals surface area contributed by atoms with E-state index in [1.807, 2.05) is 18.7 Å². The van der Waals surface area contributed by atoms with Crippen LogP contribution in [0.5, 0.6) is 0 Å². The van der Waals surface area contributed by atoms with Crippen LogP contribution in [0.1, 0.15) is 37.8 Å². The number of imide groups is 1. The molecule has 1 aromatic rings. The van der Waals surface area contributed by atoms with E-state index in [-0.39, 0.29) is 17.9 Å². The van der Waals surface area contributed by atoms with Crippen LogP contribution in [0, 0.1) is 0 Å². The summed E-state index contributed by atoms with van der Waals surface area (Å²) in [5.74, 6) is -0.387. The van der Waals surface area contributed by atoms with E-state index in [0.29, 0.717) is 19.4 Å². The second kappa shape index (κ2) is 7.91. The van der Waals surface area contributed by atoms with Gasteiger partial charge in [-0.05, 0) is 24.1 Å². The molecule has 4 rings (SSSR count). The number of carbonyl (C=O) groups excluding carboxylic acids is 2. The van der Waals surface area contributed by atoms with Gasteiger partial charge in [0.2, 0.25) is 11.8 Å². The quantitative estimate of drug-likeness (QED) is 0.790. The molecule has 2 amide bonds. The van der Waals surface area contributed by atoms with Gasteiger partial charge in [0.25, 0.3) is 0 Å². The highest BCUT2D eigenvalue weighted by atomic mass is 16.2. The smallest absolute Gasteiger partial charge is 0.249 e. The maximum atomic E-state index is 12.2. The predicted molar refractivity (Wildman–Crippen MR) is 104 cm³/mol. The van der Waals surface area contributed by atoms with Gasteiger partial charge < -0.3 is 15.1 Å². The minimum atomic E-state index is -0.301. The number of hydrogen-bond donors (Lipinski definition) is 2. The molecule has 2 fully saturated rings. The van der Waals surface area contributed by atoms with E-state index >= 15 is 0 Å². The van der Waals surface area contributed by atoms with Gasteiger partial charge >= 0.3 is 0 Å². The van der Waals surface area contributed by atoms with E-state index in [4.69, 9.17) is 0 Å². The zero-order valence-electron chi connectivity index (χ0n) is 15.7. The van der Waals surface area contributed by atoms with E-state index in [1.165, 1.54) is 11.3 Å². The number of fused-ring (bicyclic) bond motifs is 1. The van der Waals surface area contributed by atoms with Crippen LogP contribution in [-0.4, -0.2) is 48.9 Å². The van der Waals surface area contributed by atoms with Gasteiger partial charge in [-0.3, -0.25) is 14.9 Å². The number of piperazine rings is 1. The molecule has 3 aliphatic heterocycles. The van der Waals surface area contributed by atoms with Crippen molar-refractivity contribution in [2.45, 2.75) is 39.3 Å². The number of carbonyl (C=O) groups is 2. The normalized spacial score (nSPS) is 22.5. The first-order valence-electron chi connectivity index (χ1n) is 9.52. The Labute approximate surface area is 155 Å². The molecule has 0 radical (unpaired) electrons. The molecule has 0 saturated carbocycles. The summed E-state index contributed by atoms with van der Waals surface area (Å²) in [6.45, 7) is 12.9. The molecule has 6 heteroatoms. The largest absolute Gasteiger partial charge is 0.369 e. The molecule has 0 aliphatic carbocycles. The van der Waals surface area contributed by atoms with E-state index in [2.05, 4.69) is 40.3 Å². The van der Waals surface area contributed by atoms with Crippen LogP contribution in [0.2, 0.25) is 0 Å². The maximum absolute atomic E-state index is 12.2. The van der Waals surface area contributed by atoms with Crippen molar-refractivity contribution in [2.75, 3.05) is 31.1 Å². The summed E-state index contributed by atoms with van der Waals surface area (Å²) in [5.41, 5.74) is 4.43. The Kier molecular flexibility index (Phi) is 5.61. The number of piperidine rings is 1. The number of nitrogens with zero attached hydrogens (tertiary/aromatic N) is 2. The minimum absolute atomic E-state index is 0.181. The molecule has 0 spiro atoms. The second-order valence-corrected chi connectivity index (χ2v) is 6.62. The molecule has 6 nitrogen and oxygen atoms in total. The average molecular weight is 356 g/mol. The van der Waals surface area contributed by atoms with Crippen molar-refractivity contribution in [3.63, 3.8) is 0 Å². The lowest BCUT2D eigenvalue weighted by Gasteiger charge is -2.31. The van der Waals surface area contributed by atoms with Gasteiger partial charge in [0.05, 0.1) is 0 Å². The molecule has 2 N–H and O–H groups in total. The van der Waals surface area contributed by atoms with Gasteiger partial charge in [-0.1, -0.05) is 26.5 Å². The molecule has 3 heterocycles. The Balaban J connectivity index is 0.000000948. The number of amides is 2. The lowest BCUT2D eigenvalue weighted by atomic mass is 10.0. The summed E-state index contributed by atoms with van der Waals surface area (Å²) in [4.78, 5) is 28.0. The number of hydrogen-bond acceptors (Lipinski definition) is 5. The fourth-order valence-electron chi connectivity index (χ4n) is 3.82. The standard InChI is InChI=1S/C18H22N4O2.C2H6/c1-12-15-3-2-14(21-8-6-19-7-9-21)10-13(15)11-22(12)16-4-5-17(23)20-18(16)24;1-2/h2-3,10,16,19H,1,4-9,11H2,(H,20,23,24);1-2H3. The number of anilines is 1. The highest BCUT2D eigenvalue weighted by molar-refractivity contribution is 6.01. The molecule has 1 atom stereocenters. The molecule has 0 aromatic heterocycles. The summed E-state index contributed by atoms with van der Waals surface area (Å²) in [7, 11) is 0. The van der Waals surface area contributed by atoms with Crippen molar-refractivity contribution >= 4 is 23.2 Å². The Hall–Kier alpha value is -2.34. The lowest BCUT2D eigenvalue weighted by molar-refractivity contribution is -0.136. The van der Waals surface area contributed by atoms with Crippen LogP contribution in [0.3, 0.4) is 0 Å². The highest BCUT2D eigenvalue weighted by Gasteiger charge is 2.36.